The molecule has 1 rings (SSSR count). The van der Waals surface area contributed by atoms with Crippen LogP contribution in [0.15, 0.2) is 12.3 Å². The van der Waals surface area contributed by atoms with Crippen molar-refractivity contribution in [3.8, 4) is 0 Å². The largest absolute Gasteiger partial charge is 0.310 e. The van der Waals surface area contributed by atoms with Crippen molar-refractivity contribution in [1.82, 2.24) is 4.98 Å². The molecule has 1 aromatic rings. The number of aromatic nitrogens is 1. The van der Waals surface area contributed by atoms with Crippen molar-refractivity contribution in [2.24, 2.45) is 0 Å². The van der Waals surface area contributed by atoms with Crippen molar-refractivity contribution in [1.29, 1.82) is 0 Å². The van der Waals surface area contributed by atoms with Gasteiger partial charge in [-0.15, -0.1) is 0 Å². The second-order valence-electron chi connectivity index (χ2n) is 4.47. The van der Waals surface area contributed by atoms with Crippen LogP contribution in [0.3, 0.4) is 0 Å². The van der Waals surface area contributed by atoms with Crippen molar-refractivity contribution in [2.75, 3.05) is 5.32 Å². The standard InChI is InChI=1S/C13H19N3O3/c1-3-4-5-6-7-12(17)15-13-10(2)8-11(9-14-13)16(18)19/h8-9H,3-7H2,1-2H3,(H,14,15,17). The Bertz CT molecular complexity index is 460. The highest BCUT2D eigenvalue weighted by atomic mass is 16.6. The van der Waals surface area contributed by atoms with Gasteiger partial charge in [0.1, 0.15) is 12.0 Å². The monoisotopic (exact) mass is 265 g/mol. The van der Waals surface area contributed by atoms with Crippen molar-refractivity contribution in [3.05, 3.63) is 27.9 Å². The fraction of sp³-hybridized carbons (Fsp3) is 0.538. The Morgan fingerprint density at radius 3 is 2.74 bits per heavy atom. The number of carbonyl (C=O) groups excluding carboxylic acids is 1. The van der Waals surface area contributed by atoms with Crippen LogP contribution in [0, 0.1) is 17.0 Å². The minimum atomic E-state index is -0.504. The van der Waals surface area contributed by atoms with E-state index in [1.54, 1.807) is 6.92 Å². The number of carbonyl (C=O) groups is 1. The summed E-state index contributed by atoms with van der Waals surface area (Å²) in [5, 5.41) is 13.2. The van der Waals surface area contributed by atoms with Crippen LogP contribution in [0.5, 0.6) is 0 Å². The van der Waals surface area contributed by atoms with Gasteiger partial charge in [0, 0.05) is 12.5 Å². The fourth-order valence-electron chi connectivity index (χ4n) is 1.70. The van der Waals surface area contributed by atoms with Crippen LogP contribution < -0.4 is 5.32 Å². The number of anilines is 1. The van der Waals surface area contributed by atoms with E-state index in [1.165, 1.54) is 6.07 Å². The number of nitro groups is 1. The molecular weight excluding hydrogens is 246 g/mol. The summed E-state index contributed by atoms with van der Waals surface area (Å²) in [4.78, 5) is 25.6. The van der Waals surface area contributed by atoms with Crippen molar-refractivity contribution in [2.45, 2.75) is 46.0 Å². The normalized spacial score (nSPS) is 10.2. The van der Waals surface area contributed by atoms with Gasteiger partial charge in [-0.3, -0.25) is 14.9 Å². The molecule has 0 aliphatic rings. The number of aryl methyl sites for hydroxylation is 1. The molecule has 0 spiro atoms. The maximum absolute atomic E-state index is 11.7. The first kappa shape index (κ1) is 15.1. The number of amides is 1. The highest BCUT2D eigenvalue weighted by molar-refractivity contribution is 5.90. The molecule has 0 unspecified atom stereocenters. The molecule has 0 fully saturated rings. The predicted molar refractivity (Wildman–Crippen MR) is 73.0 cm³/mol. The third-order valence-electron chi connectivity index (χ3n) is 2.79. The lowest BCUT2D eigenvalue weighted by molar-refractivity contribution is -0.385. The van der Waals surface area contributed by atoms with Gasteiger partial charge in [-0.05, 0) is 18.9 Å². The lowest BCUT2D eigenvalue weighted by Crippen LogP contribution is -2.13. The first-order chi connectivity index (χ1) is 9.04. The third-order valence-corrected chi connectivity index (χ3v) is 2.79. The van der Waals surface area contributed by atoms with Gasteiger partial charge in [-0.25, -0.2) is 4.98 Å². The molecule has 104 valence electrons. The number of hydrogen-bond acceptors (Lipinski definition) is 4. The van der Waals surface area contributed by atoms with Crippen LogP contribution >= 0.6 is 0 Å². The topological polar surface area (TPSA) is 85.1 Å². The second kappa shape index (κ2) is 7.45. The maximum Gasteiger partial charge on any atom is 0.287 e. The van der Waals surface area contributed by atoms with Gasteiger partial charge in [-0.2, -0.15) is 0 Å². The van der Waals surface area contributed by atoms with E-state index in [0.29, 0.717) is 17.8 Å². The summed E-state index contributed by atoms with van der Waals surface area (Å²) < 4.78 is 0. The number of nitrogens with one attached hydrogen (secondary N) is 1. The molecule has 0 aliphatic carbocycles. The quantitative estimate of drug-likeness (QED) is 0.466. The molecule has 0 saturated carbocycles. The molecule has 0 atom stereocenters. The van der Waals surface area contributed by atoms with Crippen LogP contribution in [0.1, 0.15) is 44.6 Å². The van der Waals surface area contributed by atoms with E-state index < -0.39 is 4.92 Å². The van der Waals surface area contributed by atoms with E-state index in [9.17, 15) is 14.9 Å². The van der Waals surface area contributed by atoms with Gasteiger partial charge in [-0.1, -0.05) is 26.2 Å². The lowest BCUT2D eigenvalue weighted by Gasteiger charge is -2.06. The zero-order chi connectivity index (χ0) is 14.3. The summed E-state index contributed by atoms with van der Waals surface area (Å²) in [6, 6.07) is 1.40. The molecule has 6 nitrogen and oxygen atoms in total. The second-order valence-corrected chi connectivity index (χ2v) is 4.47. The molecule has 0 bridgehead atoms. The number of hydrogen-bond donors (Lipinski definition) is 1. The minimum absolute atomic E-state index is 0.0709. The molecule has 19 heavy (non-hydrogen) atoms. The number of unbranched alkanes of at least 4 members (excludes halogenated alkanes) is 3. The van der Waals surface area contributed by atoms with Gasteiger partial charge in [0.25, 0.3) is 5.69 Å². The Kier molecular flexibility index (Phi) is 5.92. The highest BCUT2D eigenvalue weighted by Gasteiger charge is 2.11. The van der Waals surface area contributed by atoms with E-state index in [0.717, 1.165) is 31.9 Å². The zero-order valence-corrected chi connectivity index (χ0v) is 11.3. The Labute approximate surface area is 112 Å². The van der Waals surface area contributed by atoms with E-state index in [2.05, 4.69) is 17.2 Å². The number of rotatable bonds is 7. The van der Waals surface area contributed by atoms with Gasteiger partial charge >= 0.3 is 0 Å². The average molecular weight is 265 g/mol. The van der Waals surface area contributed by atoms with E-state index >= 15 is 0 Å². The lowest BCUT2D eigenvalue weighted by atomic mass is 10.1. The summed E-state index contributed by atoms with van der Waals surface area (Å²) in [7, 11) is 0. The average Bonchev–Trinajstić information content (AvgIpc) is 2.37. The summed E-state index contributed by atoms with van der Waals surface area (Å²) in [6.07, 6.45) is 5.76. The Hall–Kier alpha value is -1.98. The van der Waals surface area contributed by atoms with Crippen LogP contribution in [-0.2, 0) is 4.79 Å². The SMILES string of the molecule is CCCCCCC(=O)Nc1ncc([N+](=O)[O-])cc1C. The van der Waals surface area contributed by atoms with Crippen molar-refractivity contribution >= 4 is 17.4 Å². The predicted octanol–water partition coefficient (Wildman–Crippen LogP) is 3.21. The molecule has 0 radical (unpaired) electrons. The summed E-state index contributed by atoms with van der Waals surface area (Å²) in [6.45, 7) is 3.80. The van der Waals surface area contributed by atoms with E-state index in [-0.39, 0.29) is 11.6 Å². The third kappa shape index (κ3) is 5.03. The van der Waals surface area contributed by atoms with Crippen LogP contribution in [0.25, 0.3) is 0 Å². The molecular formula is C13H19N3O3. The maximum atomic E-state index is 11.7. The van der Waals surface area contributed by atoms with Crippen LogP contribution in [-0.4, -0.2) is 15.8 Å². The summed E-state index contributed by atoms with van der Waals surface area (Å²) in [5.41, 5.74) is 0.523. The first-order valence-corrected chi connectivity index (χ1v) is 6.45. The Balaban J connectivity index is 2.52. The molecule has 1 N–H and O–H groups in total. The van der Waals surface area contributed by atoms with Gasteiger partial charge in [0.15, 0.2) is 0 Å². The summed E-state index contributed by atoms with van der Waals surface area (Å²) >= 11 is 0. The van der Waals surface area contributed by atoms with Gasteiger partial charge in [0.05, 0.1) is 4.92 Å². The first-order valence-electron chi connectivity index (χ1n) is 6.45. The number of pyridine rings is 1. The van der Waals surface area contributed by atoms with Gasteiger partial charge in [0.2, 0.25) is 5.91 Å². The molecule has 0 aliphatic heterocycles. The molecule has 6 heteroatoms. The van der Waals surface area contributed by atoms with Crippen LogP contribution in [0.4, 0.5) is 11.5 Å². The molecule has 0 saturated heterocycles. The molecule has 1 heterocycles. The Morgan fingerprint density at radius 2 is 2.16 bits per heavy atom. The highest BCUT2D eigenvalue weighted by Crippen LogP contribution is 2.18. The number of nitrogens with zero attached hydrogens (tertiary/aromatic N) is 2. The molecule has 0 aromatic carbocycles. The Morgan fingerprint density at radius 1 is 1.42 bits per heavy atom. The van der Waals surface area contributed by atoms with Crippen molar-refractivity contribution in [3.63, 3.8) is 0 Å². The smallest absolute Gasteiger partial charge is 0.287 e. The minimum Gasteiger partial charge on any atom is -0.310 e. The zero-order valence-electron chi connectivity index (χ0n) is 11.3. The van der Waals surface area contributed by atoms with Crippen molar-refractivity contribution < 1.29 is 9.72 Å². The summed E-state index contributed by atoms with van der Waals surface area (Å²) in [5.74, 6) is 0.298. The molecule has 1 aromatic heterocycles. The molecule has 1 amide bonds. The van der Waals surface area contributed by atoms with E-state index in [4.69, 9.17) is 0 Å². The van der Waals surface area contributed by atoms with E-state index in [1.807, 2.05) is 0 Å². The van der Waals surface area contributed by atoms with Crippen LogP contribution in [0.2, 0.25) is 0 Å². The fourth-order valence-corrected chi connectivity index (χ4v) is 1.70. The van der Waals surface area contributed by atoms with Gasteiger partial charge < -0.3 is 5.32 Å².